The number of nitrogens with zero attached hydrogens (tertiary/aromatic N) is 3. The second-order valence-corrected chi connectivity index (χ2v) is 4.45. The van der Waals surface area contributed by atoms with Crippen molar-refractivity contribution in [3.8, 4) is 0 Å². The number of aromatic nitrogens is 2. The molecule has 0 radical (unpaired) electrons. The SMILES string of the molecule is CNCC1CCN(Cc2csnn2)C1.Cl. The molecule has 86 valence electrons. The Kier molecular flexibility index (Phi) is 5.45. The van der Waals surface area contributed by atoms with Crippen molar-refractivity contribution < 1.29 is 0 Å². The summed E-state index contributed by atoms with van der Waals surface area (Å²) in [6.45, 7) is 4.49. The normalized spacial score (nSPS) is 21.5. The minimum Gasteiger partial charge on any atom is -0.319 e. The van der Waals surface area contributed by atoms with Gasteiger partial charge in [0.2, 0.25) is 0 Å². The van der Waals surface area contributed by atoms with Crippen LogP contribution in [-0.4, -0.2) is 41.2 Å². The second kappa shape index (κ2) is 6.37. The van der Waals surface area contributed by atoms with E-state index in [1.54, 1.807) is 0 Å². The Labute approximate surface area is 101 Å². The third-order valence-electron chi connectivity index (χ3n) is 2.65. The molecule has 2 heterocycles. The molecule has 2 rings (SSSR count). The van der Waals surface area contributed by atoms with Gasteiger partial charge in [-0.1, -0.05) is 4.49 Å². The predicted octanol–water partition coefficient (Wildman–Crippen LogP) is 1.00. The number of halogens is 1. The quantitative estimate of drug-likeness (QED) is 0.863. The lowest BCUT2D eigenvalue weighted by Crippen LogP contribution is -2.24. The van der Waals surface area contributed by atoms with Crippen LogP contribution < -0.4 is 5.32 Å². The van der Waals surface area contributed by atoms with Crippen molar-refractivity contribution in [1.82, 2.24) is 19.8 Å². The van der Waals surface area contributed by atoms with Gasteiger partial charge < -0.3 is 5.32 Å². The first-order valence-electron chi connectivity index (χ1n) is 5.01. The standard InChI is InChI=1S/C9H16N4S.ClH/c1-10-4-8-2-3-13(5-8)6-9-7-14-12-11-9;/h7-8,10H,2-6H2,1H3;1H. The second-order valence-electron chi connectivity index (χ2n) is 3.84. The average molecular weight is 249 g/mol. The van der Waals surface area contributed by atoms with Gasteiger partial charge in [-0.3, -0.25) is 4.90 Å². The number of hydrogen-bond donors (Lipinski definition) is 1. The van der Waals surface area contributed by atoms with E-state index in [1.165, 1.54) is 31.0 Å². The smallest absolute Gasteiger partial charge is 0.0895 e. The lowest BCUT2D eigenvalue weighted by atomic mass is 10.1. The summed E-state index contributed by atoms with van der Waals surface area (Å²) in [7, 11) is 2.02. The van der Waals surface area contributed by atoms with E-state index < -0.39 is 0 Å². The first-order valence-corrected chi connectivity index (χ1v) is 5.85. The summed E-state index contributed by atoms with van der Waals surface area (Å²) in [6, 6.07) is 0. The molecule has 0 saturated carbocycles. The maximum atomic E-state index is 4.06. The van der Waals surface area contributed by atoms with Crippen molar-refractivity contribution >= 4 is 23.9 Å². The minimum absolute atomic E-state index is 0. The lowest BCUT2D eigenvalue weighted by Gasteiger charge is -2.13. The van der Waals surface area contributed by atoms with Crippen LogP contribution in [0.25, 0.3) is 0 Å². The van der Waals surface area contributed by atoms with Gasteiger partial charge in [0.15, 0.2) is 0 Å². The molecule has 6 heteroatoms. The van der Waals surface area contributed by atoms with Gasteiger partial charge in [0.25, 0.3) is 0 Å². The monoisotopic (exact) mass is 248 g/mol. The van der Waals surface area contributed by atoms with Crippen LogP contribution in [-0.2, 0) is 6.54 Å². The summed E-state index contributed by atoms with van der Waals surface area (Å²) < 4.78 is 3.87. The lowest BCUT2D eigenvalue weighted by molar-refractivity contribution is 0.311. The van der Waals surface area contributed by atoms with Gasteiger partial charge in [-0.25, -0.2) is 0 Å². The van der Waals surface area contributed by atoms with Crippen LogP contribution in [0.15, 0.2) is 5.38 Å². The number of likely N-dealkylation sites (tertiary alicyclic amines) is 1. The van der Waals surface area contributed by atoms with Crippen molar-refractivity contribution in [2.45, 2.75) is 13.0 Å². The zero-order chi connectivity index (χ0) is 9.80. The van der Waals surface area contributed by atoms with Crippen LogP contribution in [0.3, 0.4) is 0 Å². The Morgan fingerprint density at radius 1 is 1.67 bits per heavy atom. The van der Waals surface area contributed by atoms with Gasteiger partial charge in [-0.2, -0.15) is 0 Å². The maximum absolute atomic E-state index is 4.06. The van der Waals surface area contributed by atoms with Crippen LogP contribution in [0.5, 0.6) is 0 Å². The molecule has 4 nitrogen and oxygen atoms in total. The highest BCUT2D eigenvalue weighted by Gasteiger charge is 2.21. The highest BCUT2D eigenvalue weighted by atomic mass is 35.5. The van der Waals surface area contributed by atoms with Crippen LogP contribution in [0, 0.1) is 5.92 Å². The molecule has 1 saturated heterocycles. The van der Waals surface area contributed by atoms with E-state index in [1.807, 2.05) is 12.4 Å². The van der Waals surface area contributed by atoms with Gasteiger partial charge in [0.1, 0.15) is 0 Å². The van der Waals surface area contributed by atoms with Crippen LogP contribution in [0.1, 0.15) is 12.1 Å². The molecule has 0 spiro atoms. The maximum Gasteiger partial charge on any atom is 0.0895 e. The molecular weight excluding hydrogens is 232 g/mol. The molecule has 15 heavy (non-hydrogen) atoms. The molecule has 0 aromatic carbocycles. The summed E-state index contributed by atoms with van der Waals surface area (Å²) in [5.41, 5.74) is 1.11. The summed E-state index contributed by atoms with van der Waals surface area (Å²) >= 11 is 1.43. The Morgan fingerprint density at radius 3 is 3.20 bits per heavy atom. The fourth-order valence-corrected chi connectivity index (χ4v) is 2.44. The molecular formula is C9H17ClN4S. The molecule has 1 aliphatic heterocycles. The molecule has 1 unspecified atom stereocenters. The van der Waals surface area contributed by atoms with Crippen LogP contribution in [0.4, 0.5) is 0 Å². The first kappa shape index (κ1) is 12.8. The number of hydrogen-bond acceptors (Lipinski definition) is 5. The predicted molar refractivity (Wildman–Crippen MR) is 64.5 cm³/mol. The van der Waals surface area contributed by atoms with Gasteiger partial charge >= 0.3 is 0 Å². The van der Waals surface area contributed by atoms with Crippen molar-refractivity contribution in [3.63, 3.8) is 0 Å². The summed E-state index contributed by atoms with van der Waals surface area (Å²) in [5, 5.41) is 9.33. The third kappa shape index (κ3) is 3.68. The summed E-state index contributed by atoms with van der Waals surface area (Å²) in [4.78, 5) is 2.46. The number of rotatable bonds is 4. The van der Waals surface area contributed by atoms with Gasteiger partial charge in [0.05, 0.1) is 5.69 Å². The Morgan fingerprint density at radius 2 is 2.53 bits per heavy atom. The largest absolute Gasteiger partial charge is 0.319 e. The van der Waals surface area contributed by atoms with E-state index in [9.17, 15) is 0 Å². The molecule has 1 aromatic heterocycles. The molecule has 1 fully saturated rings. The Hall–Kier alpha value is -0.230. The fraction of sp³-hybridized carbons (Fsp3) is 0.778. The van der Waals surface area contributed by atoms with E-state index in [4.69, 9.17) is 0 Å². The number of nitrogens with one attached hydrogen (secondary N) is 1. The zero-order valence-electron chi connectivity index (χ0n) is 8.85. The van der Waals surface area contributed by atoms with E-state index in [0.29, 0.717) is 0 Å². The molecule has 1 N–H and O–H groups in total. The highest BCUT2D eigenvalue weighted by Crippen LogP contribution is 2.17. The Bertz CT molecular complexity index is 267. The summed E-state index contributed by atoms with van der Waals surface area (Å²) in [6.07, 6.45) is 1.30. The van der Waals surface area contributed by atoms with E-state index >= 15 is 0 Å². The van der Waals surface area contributed by atoms with Gasteiger partial charge in [0, 0.05) is 18.5 Å². The molecule has 1 aliphatic rings. The van der Waals surface area contributed by atoms with Gasteiger partial charge in [-0.15, -0.1) is 17.5 Å². The molecule has 1 aromatic rings. The van der Waals surface area contributed by atoms with Crippen LogP contribution in [0.2, 0.25) is 0 Å². The minimum atomic E-state index is 0. The van der Waals surface area contributed by atoms with Crippen molar-refractivity contribution in [1.29, 1.82) is 0 Å². The van der Waals surface area contributed by atoms with E-state index in [-0.39, 0.29) is 12.4 Å². The van der Waals surface area contributed by atoms with Crippen molar-refractivity contribution in [3.05, 3.63) is 11.1 Å². The molecule has 0 aliphatic carbocycles. The summed E-state index contributed by atoms with van der Waals surface area (Å²) in [5.74, 6) is 0.812. The Balaban J connectivity index is 0.00000112. The topological polar surface area (TPSA) is 41.0 Å². The van der Waals surface area contributed by atoms with Gasteiger partial charge in [-0.05, 0) is 44.0 Å². The molecule has 1 atom stereocenters. The van der Waals surface area contributed by atoms with Crippen LogP contribution >= 0.6 is 23.9 Å². The van der Waals surface area contributed by atoms with Crippen molar-refractivity contribution in [2.75, 3.05) is 26.7 Å². The molecule has 0 amide bonds. The highest BCUT2D eigenvalue weighted by molar-refractivity contribution is 7.03. The zero-order valence-corrected chi connectivity index (χ0v) is 10.5. The average Bonchev–Trinajstić information content (AvgIpc) is 2.79. The molecule has 0 bridgehead atoms. The first-order chi connectivity index (χ1) is 6.88. The third-order valence-corrected chi connectivity index (χ3v) is 3.21. The van der Waals surface area contributed by atoms with Crippen molar-refractivity contribution in [2.24, 2.45) is 5.92 Å². The van der Waals surface area contributed by atoms with E-state index in [0.717, 1.165) is 24.7 Å². The van der Waals surface area contributed by atoms with E-state index in [2.05, 4.69) is 19.8 Å². The fourth-order valence-electron chi connectivity index (χ4n) is 1.99.